The van der Waals surface area contributed by atoms with Crippen LogP contribution in [0.4, 0.5) is 5.69 Å². The van der Waals surface area contributed by atoms with Gasteiger partial charge in [0.05, 0.1) is 11.0 Å². The number of hydrogen-bond donors (Lipinski definition) is 2. The van der Waals surface area contributed by atoms with E-state index in [1.165, 1.54) is 19.3 Å². The number of aromatic amines is 1. The van der Waals surface area contributed by atoms with Crippen LogP contribution in [0.25, 0.3) is 11.0 Å². The first kappa shape index (κ1) is 13.8. The van der Waals surface area contributed by atoms with Crippen LogP contribution in [-0.2, 0) is 9.53 Å². The van der Waals surface area contributed by atoms with E-state index in [2.05, 4.69) is 15.3 Å². The second kappa shape index (κ2) is 5.72. The number of ether oxygens (including phenoxy) is 1. The number of rotatable bonds is 3. The summed E-state index contributed by atoms with van der Waals surface area (Å²) >= 11 is 0. The molecule has 0 bridgehead atoms. The standard InChI is InChI=1S/C17H21N3O2/c21-17(12-6-8-22-9-7-12)18-13-4-5-14-15(10-13)20-16(19-14)11-2-1-3-11/h4-5,10-12H,1-3,6-9H2,(H,18,21)(H,19,20). The van der Waals surface area contributed by atoms with Crippen LogP contribution in [0.15, 0.2) is 18.2 Å². The lowest BCUT2D eigenvalue weighted by molar-refractivity contribution is -0.122. The second-order valence-electron chi connectivity index (χ2n) is 6.36. The molecule has 1 amide bonds. The van der Waals surface area contributed by atoms with Gasteiger partial charge in [-0.25, -0.2) is 4.98 Å². The molecule has 2 aromatic rings. The molecule has 2 fully saturated rings. The van der Waals surface area contributed by atoms with Gasteiger partial charge in [0.2, 0.25) is 5.91 Å². The lowest BCUT2D eigenvalue weighted by Gasteiger charge is -2.22. The fraction of sp³-hybridized carbons (Fsp3) is 0.529. The highest BCUT2D eigenvalue weighted by molar-refractivity contribution is 5.94. The van der Waals surface area contributed by atoms with Crippen molar-refractivity contribution in [2.45, 2.75) is 38.0 Å². The van der Waals surface area contributed by atoms with Crippen LogP contribution in [0.5, 0.6) is 0 Å². The molecule has 0 spiro atoms. The number of benzene rings is 1. The number of hydrogen-bond acceptors (Lipinski definition) is 3. The largest absolute Gasteiger partial charge is 0.381 e. The van der Waals surface area contributed by atoms with Crippen molar-refractivity contribution in [1.29, 1.82) is 0 Å². The lowest BCUT2D eigenvalue weighted by Crippen LogP contribution is -2.28. The monoisotopic (exact) mass is 299 g/mol. The maximum atomic E-state index is 12.3. The van der Waals surface area contributed by atoms with Gasteiger partial charge in [-0.15, -0.1) is 0 Å². The third kappa shape index (κ3) is 2.61. The Kier molecular flexibility index (Phi) is 3.58. The molecule has 0 radical (unpaired) electrons. The number of carbonyl (C=O) groups excluding carboxylic acids is 1. The van der Waals surface area contributed by atoms with Crippen molar-refractivity contribution in [1.82, 2.24) is 9.97 Å². The fourth-order valence-corrected chi connectivity index (χ4v) is 3.19. The highest BCUT2D eigenvalue weighted by Crippen LogP contribution is 2.35. The van der Waals surface area contributed by atoms with Crippen molar-refractivity contribution in [3.63, 3.8) is 0 Å². The summed E-state index contributed by atoms with van der Waals surface area (Å²) in [4.78, 5) is 20.3. The number of fused-ring (bicyclic) bond motifs is 1. The Hall–Kier alpha value is -1.88. The highest BCUT2D eigenvalue weighted by Gasteiger charge is 2.23. The zero-order chi connectivity index (χ0) is 14.9. The Bertz CT molecular complexity index is 684. The van der Waals surface area contributed by atoms with Crippen molar-refractivity contribution >= 4 is 22.6 Å². The van der Waals surface area contributed by atoms with Crippen LogP contribution >= 0.6 is 0 Å². The number of nitrogens with one attached hydrogen (secondary N) is 2. The average Bonchev–Trinajstić information content (AvgIpc) is 2.88. The first-order valence-electron chi connectivity index (χ1n) is 8.18. The summed E-state index contributed by atoms with van der Waals surface area (Å²) in [7, 11) is 0. The smallest absolute Gasteiger partial charge is 0.227 e. The summed E-state index contributed by atoms with van der Waals surface area (Å²) in [6.45, 7) is 1.37. The molecule has 2 heterocycles. The van der Waals surface area contributed by atoms with E-state index in [0.29, 0.717) is 19.1 Å². The average molecular weight is 299 g/mol. The molecule has 22 heavy (non-hydrogen) atoms. The first-order valence-corrected chi connectivity index (χ1v) is 8.18. The number of carbonyl (C=O) groups is 1. The van der Waals surface area contributed by atoms with E-state index in [-0.39, 0.29) is 11.8 Å². The van der Waals surface area contributed by atoms with Crippen LogP contribution in [0.1, 0.15) is 43.8 Å². The summed E-state index contributed by atoms with van der Waals surface area (Å²) in [5, 5.41) is 3.03. The molecule has 0 atom stereocenters. The van der Waals surface area contributed by atoms with Crippen LogP contribution in [0.3, 0.4) is 0 Å². The van der Waals surface area contributed by atoms with Crippen molar-refractivity contribution < 1.29 is 9.53 Å². The minimum Gasteiger partial charge on any atom is -0.381 e. The molecular weight excluding hydrogens is 278 g/mol. The maximum absolute atomic E-state index is 12.3. The van der Waals surface area contributed by atoms with E-state index >= 15 is 0 Å². The summed E-state index contributed by atoms with van der Waals surface area (Å²) < 4.78 is 5.31. The fourth-order valence-electron chi connectivity index (χ4n) is 3.19. The van der Waals surface area contributed by atoms with Crippen molar-refractivity contribution in [3.05, 3.63) is 24.0 Å². The lowest BCUT2D eigenvalue weighted by atomic mass is 9.85. The summed E-state index contributed by atoms with van der Waals surface area (Å²) in [6.07, 6.45) is 5.38. The molecule has 1 saturated heterocycles. The van der Waals surface area contributed by atoms with Gasteiger partial charge in [-0.1, -0.05) is 6.42 Å². The Morgan fingerprint density at radius 1 is 1.23 bits per heavy atom. The summed E-state index contributed by atoms with van der Waals surface area (Å²) in [5.74, 6) is 1.85. The third-order valence-electron chi connectivity index (χ3n) is 4.85. The van der Waals surface area contributed by atoms with Gasteiger partial charge >= 0.3 is 0 Å². The van der Waals surface area contributed by atoms with Gasteiger partial charge < -0.3 is 15.0 Å². The molecule has 116 valence electrons. The van der Waals surface area contributed by atoms with Crippen LogP contribution in [0, 0.1) is 5.92 Å². The highest BCUT2D eigenvalue weighted by atomic mass is 16.5. The van der Waals surface area contributed by atoms with Crippen LogP contribution < -0.4 is 5.32 Å². The molecule has 1 aromatic carbocycles. The normalized spacial score (nSPS) is 20.0. The maximum Gasteiger partial charge on any atom is 0.227 e. The zero-order valence-corrected chi connectivity index (χ0v) is 12.6. The van der Waals surface area contributed by atoms with E-state index in [9.17, 15) is 4.79 Å². The minimum atomic E-state index is 0.0664. The Labute approximate surface area is 129 Å². The van der Waals surface area contributed by atoms with Crippen LogP contribution in [-0.4, -0.2) is 29.1 Å². The van der Waals surface area contributed by atoms with Gasteiger partial charge in [0.15, 0.2) is 0 Å². The number of H-pyrrole nitrogens is 1. The quantitative estimate of drug-likeness (QED) is 0.914. The number of anilines is 1. The third-order valence-corrected chi connectivity index (χ3v) is 4.85. The second-order valence-corrected chi connectivity index (χ2v) is 6.36. The number of amides is 1. The van der Waals surface area contributed by atoms with E-state index in [1.54, 1.807) is 0 Å². The van der Waals surface area contributed by atoms with Gasteiger partial charge in [0.1, 0.15) is 5.82 Å². The Morgan fingerprint density at radius 2 is 2.05 bits per heavy atom. The predicted molar refractivity (Wildman–Crippen MR) is 84.9 cm³/mol. The van der Waals surface area contributed by atoms with Gasteiger partial charge in [0, 0.05) is 30.7 Å². The molecule has 0 unspecified atom stereocenters. The first-order chi connectivity index (χ1) is 10.8. The topological polar surface area (TPSA) is 67.0 Å². The minimum absolute atomic E-state index is 0.0664. The molecule has 2 N–H and O–H groups in total. The Balaban J connectivity index is 1.50. The summed E-state index contributed by atoms with van der Waals surface area (Å²) in [5.41, 5.74) is 2.82. The molecule has 1 aromatic heterocycles. The van der Waals surface area contributed by atoms with E-state index in [4.69, 9.17) is 4.74 Å². The van der Waals surface area contributed by atoms with Gasteiger partial charge in [-0.3, -0.25) is 4.79 Å². The molecule has 2 aliphatic rings. The molecule has 1 aliphatic heterocycles. The SMILES string of the molecule is O=C(Nc1ccc2nc(C3CCC3)[nH]c2c1)C1CCOCC1. The molecule has 1 saturated carbocycles. The predicted octanol–water partition coefficient (Wildman–Crippen LogP) is 3.20. The van der Waals surface area contributed by atoms with Gasteiger partial charge in [-0.2, -0.15) is 0 Å². The zero-order valence-electron chi connectivity index (χ0n) is 12.6. The van der Waals surface area contributed by atoms with Crippen molar-refractivity contribution in [2.75, 3.05) is 18.5 Å². The van der Waals surface area contributed by atoms with Crippen LogP contribution in [0.2, 0.25) is 0 Å². The number of nitrogens with zero attached hydrogens (tertiary/aromatic N) is 1. The molecule has 5 heteroatoms. The number of aromatic nitrogens is 2. The van der Waals surface area contributed by atoms with E-state index < -0.39 is 0 Å². The summed E-state index contributed by atoms with van der Waals surface area (Å²) in [6, 6.07) is 5.90. The number of imidazole rings is 1. The molecule has 1 aliphatic carbocycles. The molecular formula is C17H21N3O2. The molecule has 4 rings (SSSR count). The van der Waals surface area contributed by atoms with Crippen molar-refractivity contribution in [3.8, 4) is 0 Å². The van der Waals surface area contributed by atoms with Gasteiger partial charge in [0.25, 0.3) is 0 Å². The molecule has 5 nitrogen and oxygen atoms in total. The van der Waals surface area contributed by atoms with E-state index in [1.807, 2.05) is 18.2 Å². The Morgan fingerprint density at radius 3 is 2.77 bits per heavy atom. The van der Waals surface area contributed by atoms with Gasteiger partial charge in [-0.05, 0) is 43.9 Å². The van der Waals surface area contributed by atoms with E-state index in [0.717, 1.165) is 35.4 Å². The van der Waals surface area contributed by atoms with Crippen molar-refractivity contribution in [2.24, 2.45) is 5.92 Å².